The molecule has 10 heavy (non-hydrogen) atoms. The number of hydrogen-bond acceptors (Lipinski definition) is 2. The second-order valence-corrected chi connectivity index (χ2v) is 1.91. The fourth-order valence-corrected chi connectivity index (χ4v) is 0.328. The van der Waals surface area contributed by atoms with Crippen LogP contribution < -0.4 is 0 Å². The van der Waals surface area contributed by atoms with Gasteiger partial charge >= 0.3 is 5.97 Å². The molecule has 0 amide bonds. The van der Waals surface area contributed by atoms with E-state index in [9.17, 15) is 4.79 Å². The minimum atomic E-state index is -0.693. The first-order valence-electron chi connectivity index (χ1n) is 3.30. The number of hydrogen-bond donors (Lipinski definition) is 1. The van der Waals surface area contributed by atoms with E-state index in [0.29, 0.717) is 6.42 Å². The molecule has 0 aliphatic heterocycles. The Bertz CT molecular complexity index is 71.3. The van der Waals surface area contributed by atoms with Crippen molar-refractivity contribution in [1.29, 1.82) is 0 Å². The lowest BCUT2D eigenvalue weighted by atomic mass is 10.3. The summed E-state index contributed by atoms with van der Waals surface area (Å²) in [6.07, 6.45) is 2.08. The highest BCUT2D eigenvalue weighted by atomic mass is 16.4. The minimum absolute atomic E-state index is 0.316. The molecule has 0 aromatic heterocycles. The molecule has 0 saturated carbocycles. The molecular weight excluding hydrogens is 132 g/mol. The van der Waals surface area contributed by atoms with E-state index < -0.39 is 5.97 Å². The number of carbonyl (C=O) groups is 1. The van der Waals surface area contributed by atoms with E-state index in [1.54, 1.807) is 14.2 Å². The topological polar surface area (TPSA) is 46.5 Å². The Kier molecular flexibility index (Phi) is 13.7. The molecule has 0 heterocycles. The number of methoxy groups -OCH3 is 1. The number of carboxylic acids is 1. The van der Waals surface area contributed by atoms with Crippen LogP contribution in [0.15, 0.2) is 0 Å². The van der Waals surface area contributed by atoms with E-state index in [2.05, 4.69) is 4.74 Å². The van der Waals surface area contributed by atoms with E-state index >= 15 is 0 Å². The monoisotopic (exact) mass is 148 g/mol. The van der Waals surface area contributed by atoms with Gasteiger partial charge in [-0.15, -0.1) is 0 Å². The molecule has 0 rings (SSSR count). The first kappa shape index (κ1) is 12.1. The van der Waals surface area contributed by atoms with Gasteiger partial charge in [-0.1, -0.05) is 13.3 Å². The molecule has 0 aromatic rings. The summed E-state index contributed by atoms with van der Waals surface area (Å²) in [5.74, 6) is -0.693. The van der Waals surface area contributed by atoms with Crippen LogP contribution in [0.2, 0.25) is 0 Å². The molecule has 0 aromatic carbocycles. The van der Waals surface area contributed by atoms with Crippen LogP contribution in [0.3, 0.4) is 0 Å². The highest BCUT2D eigenvalue weighted by Gasteiger charge is 1.90. The van der Waals surface area contributed by atoms with Crippen molar-refractivity contribution in [3.63, 3.8) is 0 Å². The number of aliphatic carboxylic acids is 1. The molecule has 0 saturated heterocycles. The maximum absolute atomic E-state index is 9.76. The summed E-state index contributed by atoms with van der Waals surface area (Å²) in [6.45, 7) is 1.98. The standard InChI is InChI=1S/C5H10O2.C2H6O/c1-2-3-4-5(6)7;1-3-2/h2-4H2,1H3,(H,6,7);1-2H3. The molecule has 0 spiro atoms. The van der Waals surface area contributed by atoms with Gasteiger partial charge in [0.25, 0.3) is 0 Å². The van der Waals surface area contributed by atoms with Gasteiger partial charge < -0.3 is 9.84 Å². The molecule has 0 bridgehead atoms. The predicted octanol–water partition coefficient (Wildman–Crippen LogP) is 1.52. The third-order valence-electron chi connectivity index (χ3n) is 0.744. The Balaban J connectivity index is 0. The molecule has 0 aliphatic carbocycles. The van der Waals surface area contributed by atoms with Crippen molar-refractivity contribution in [3.8, 4) is 0 Å². The van der Waals surface area contributed by atoms with Crippen LogP contribution in [0.5, 0.6) is 0 Å². The van der Waals surface area contributed by atoms with Crippen LogP contribution in [0.1, 0.15) is 26.2 Å². The van der Waals surface area contributed by atoms with Crippen molar-refractivity contribution in [2.24, 2.45) is 0 Å². The first-order valence-corrected chi connectivity index (χ1v) is 3.30. The summed E-state index contributed by atoms with van der Waals surface area (Å²) in [7, 11) is 3.25. The lowest BCUT2D eigenvalue weighted by Crippen LogP contribution is -1.91. The number of rotatable bonds is 3. The summed E-state index contributed by atoms with van der Waals surface area (Å²) in [5.41, 5.74) is 0. The van der Waals surface area contributed by atoms with Crippen LogP contribution in [-0.4, -0.2) is 25.3 Å². The van der Waals surface area contributed by atoms with Crippen molar-refractivity contribution >= 4 is 5.97 Å². The first-order chi connectivity index (χ1) is 4.68. The molecule has 3 nitrogen and oxygen atoms in total. The fourth-order valence-electron chi connectivity index (χ4n) is 0.328. The zero-order valence-electron chi connectivity index (χ0n) is 6.89. The lowest BCUT2D eigenvalue weighted by molar-refractivity contribution is -0.137. The van der Waals surface area contributed by atoms with Crippen LogP contribution in [-0.2, 0) is 9.53 Å². The smallest absolute Gasteiger partial charge is 0.303 e. The zero-order chi connectivity index (χ0) is 8.41. The van der Waals surface area contributed by atoms with Crippen LogP contribution >= 0.6 is 0 Å². The fraction of sp³-hybridized carbons (Fsp3) is 0.857. The number of unbranched alkanes of at least 4 members (excludes halogenated alkanes) is 1. The van der Waals surface area contributed by atoms with E-state index in [4.69, 9.17) is 5.11 Å². The molecule has 3 heteroatoms. The van der Waals surface area contributed by atoms with E-state index in [-0.39, 0.29) is 0 Å². The van der Waals surface area contributed by atoms with Crippen LogP contribution in [0.25, 0.3) is 0 Å². The van der Waals surface area contributed by atoms with Gasteiger partial charge in [-0.05, 0) is 6.42 Å². The molecule has 0 aliphatic rings. The SMILES string of the molecule is CCCCC(=O)O.COC. The summed E-state index contributed by atoms with van der Waals surface area (Å²) in [5, 5.41) is 8.04. The van der Waals surface area contributed by atoms with Gasteiger partial charge in [0.05, 0.1) is 0 Å². The summed E-state index contributed by atoms with van der Waals surface area (Å²) in [6, 6.07) is 0. The molecule has 0 fully saturated rings. The summed E-state index contributed by atoms with van der Waals surface area (Å²) in [4.78, 5) is 9.76. The second kappa shape index (κ2) is 11.3. The normalized spacial score (nSPS) is 7.90. The van der Waals surface area contributed by atoms with E-state index in [1.165, 1.54) is 0 Å². The maximum Gasteiger partial charge on any atom is 0.303 e. The largest absolute Gasteiger partial charge is 0.481 e. The summed E-state index contributed by atoms with van der Waals surface area (Å²) >= 11 is 0. The highest BCUT2D eigenvalue weighted by Crippen LogP contribution is 1.91. The summed E-state index contributed by atoms with van der Waals surface area (Å²) < 4.78 is 4.25. The van der Waals surface area contributed by atoms with Gasteiger partial charge in [0, 0.05) is 20.6 Å². The molecule has 0 radical (unpaired) electrons. The zero-order valence-corrected chi connectivity index (χ0v) is 6.89. The quantitative estimate of drug-likeness (QED) is 0.660. The van der Waals surface area contributed by atoms with Gasteiger partial charge in [-0.2, -0.15) is 0 Å². The van der Waals surface area contributed by atoms with Crippen LogP contribution in [0, 0.1) is 0 Å². The average molecular weight is 148 g/mol. The Hall–Kier alpha value is -0.570. The van der Waals surface area contributed by atoms with Gasteiger partial charge in [0.15, 0.2) is 0 Å². The minimum Gasteiger partial charge on any atom is -0.481 e. The molecule has 0 atom stereocenters. The maximum atomic E-state index is 9.76. The molecule has 1 N–H and O–H groups in total. The van der Waals surface area contributed by atoms with Crippen LogP contribution in [0.4, 0.5) is 0 Å². The highest BCUT2D eigenvalue weighted by molar-refractivity contribution is 5.66. The molecule has 0 unspecified atom stereocenters. The molecule has 62 valence electrons. The van der Waals surface area contributed by atoms with Crippen molar-refractivity contribution in [3.05, 3.63) is 0 Å². The number of ether oxygens (including phenoxy) is 1. The Morgan fingerprint density at radius 3 is 2.00 bits per heavy atom. The van der Waals surface area contributed by atoms with Gasteiger partial charge in [-0.25, -0.2) is 0 Å². The Morgan fingerprint density at radius 2 is 1.90 bits per heavy atom. The van der Waals surface area contributed by atoms with E-state index in [1.807, 2.05) is 6.92 Å². The van der Waals surface area contributed by atoms with Crippen molar-refractivity contribution < 1.29 is 14.6 Å². The Morgan fingerprint density at radius 1 is 1.50 bits per heavy atom. The van der Waals surface area contributed by atoms with E-state index in [0.717, 1.165) is 12.8 Å². The van der Waals surface area contributed by atoms with Gasteiger partial charge in [-0.3, -0.25) is 4.79 Å². The van der Waals surface area contributed by atoms with Gasteiger partial charge in [0.2, 0.25) is 0 Å². The van der Waals surface area contributed by atoms with Crippen molar-refractivity contribution in [1.82, 2.24) is 0 Å². The van der Waals surface area contributed by atoms with Crippen molar-refractivity contribution in [2.75, 3.05) is 14.2 Å². The second-order valence-electron chi connectivity index (χ2n) is 1.91. The Labute approximate surface area is 62.0 Å². The average Bonchev–Trinajstić information content (AvgIpc) is 1.85. The third-order valence-corrected chi connectivity index (χ3v) is 0.744. The lowest BCUT2D eigenvalue weighted by Gasteiger charge is -1.85. The van der Waals surface area contributed by atoms with Crippen molar-refractivity contribution in [2.45, 2.75) is 26.2 Å². The third kappa shape index (κ3) is 26.1. The molecular formula is C7H16O3. The predicted molar refractivity (Wildman–Crippen MR) is 40.1 cm³/mol. The van der Waals surface area contributed by atoms with Gasteiger partial charge in [0.1, 0.15) is 0 Å². The number of carboxylic acid groups (broad SMARTS) is 1.